The van der Waals surface area contributed by atoms with Crippen LogP contribution in [-0.2, 0) is 0 Å². The monoisotopic (exact) mass is 792 g/mol. The Kier molecular flexibility index (Phi) is 8.42. The van der Waals surface area contributed by atoms with Crippen molar-refractivity contribution < 1.29 is 4.42 Å². The van der Waals surface area contributed by atoms with Crippen LogP contribution in [0.1, 0.15) is 0 Å². The van der Waals surface area contributed by atoms with E-state index in [1.54, 1.807) is 0 Å². The maximum atomic E-state index is 6.63. The summed E-state index contributed by atoms with van der Waals surface area (Å²) >= 11 is 0. The second-order valence-corrected chi connectivity index (χ2v) is 15.6. The maximum absolute atomic E-state index is 6.63. The Balaban J connectivity index is 0.952. The van der Waals surface area contributed by atoms with Gasteiger partial charge in [-0.1, -0.05) is 164 Å². The number of fused-ring (bicyclic) bond motifs is 6. The zero-order valence-corrected chi connectivity index (χ0v) is 33.5. The van der Waals surface area contributed by atoms with E-state index in [0.29, 0.717) is 17.5 Å². The molecule has 0 amide bonds. The fourth-order valence-electron chi connectivity index (χ4n) is 8.76. The van der Waals surface area contributed by atoms with Crippen LogP contribution in [0.5, 0.6) is 0 Å². The third-order valence-corrected chi connectivity index (χ3v) is 11.9. The molecule has 5 nitrogen and oxygen atoms in total. The highest BCUT2D eigenvalue weighted by molar-refractivity contribution is 6.17. The molecule has 3 heterocycles. The summed E-state index contributed by atoms with van der Waals surface area (Å²) in [5.41, 5.74) is 14.8. The average Bonchev–Trinajstić information content (AvgIpc) is 3.88. The summed E-state index contributed by atoms with van der Waals surface area (Å²) in [7, 11) is 0. The van der Waals surface area contributed by atoms with Gasteiger partial charge in [0.05, 0.1) is 11.0 Å². The van der Waals surface area contributed by atoms with Crippen molar-refractivity contribution >= 4 is 43.7 Å². The van der Waals surface area contributed by atoms with Gasteiger partial charge < -0.3 is 8.98 Å². The molecule has 62 heavy (non-hydrogen) atoms. The Morgan fingerprint density at radius 2 is 0.742 bits per heavy atom. The van der Waals surface area contributed by atoms with Crippen molar-refractivity contribution in [3.8, 4) is 73.2 Å². The van der Waals surface area contributed by atoms with Crippen LogP contribution < -0.4 is 0 Å². The molecule has 290 valence electrons. The average molecular weight is 793 g/mol. The number of nitrogens with zero attached hydrogens (tertiary/aromatic N) is 4. The quantitative estimate of drug-likeness (QED) is 0.161. The first-order valence-corrected chi connectivity index (χ1v) is 20.8. The molecule has 9 aromatic carbocycles. The smallest absolute Gasteiger partial charge is 0.164 e. The summed E-state index contributed by atoms with van der Waals surface area (Å²) in [4.78, 5) is 15.1. The first-order valence-electron chi connectivity index (χ1n) is 20.8. The van der Waals surface area contributed by atoms with Crippen LogP contribution in [0.15, 0.2) is 223 Å². The van der Waals surface area contributed by atoms with E-state index in [1.807, 2.05) is 48.5 Å². The van der Waals surface area contributed by atoms with Crippen molar-refractivity contribution in [2.24, 2.45) is 0 Å². The largest absolute Gasteiger partial charge is 0.456 e. The van der Waals surface area contributed by atoms with E-state index in [9.17, 15) is 0 Å². The minimum atomic E-state index is 0.602. The van der Waals surface area contributed by atoms with Crippen LogP contribution in [0.2, 0.25) is 0 Å². The Morgan fingerprint density at radius 3 is 1.42 bits per heavy atom. The topological polar surface area (TPSA) is 56.7 Å². The van der Waals surface area contributed by atoms with Gasteiger partial charge in [-0.3, -0.25) is 0 Å². The highest BCUT2D eigenvalue weighted by Gasteiger charge is 2.19. The predicted octanol–water partition coefficient (Wildman–Crippen LogP) is 14.9. The lowest BCUT2D eigenvalue weighted by atomic mass is 9.99. The summed E-state index contributed by atoms with van der Waals surface area (Å²) < 4.78 is 8.97. The first-order chi connectivity index (χ1) is 30.7. The van der Waals surface area contributed by atoms with Crippen molar-refractivity contribution in [3.05, 3.63) is 218 Å². The van der Waals surface area contributed by atoms with Gasteiger partial charge in [0, 0.05) is 50.0 Å². The van der Waals surface area contributed by atoms with E-state index >= 15 is 0 Å². The molecule has 12 aromatic rings. The predicted molar refractivity (Wildman–Crippen MR) is 254 cm³/mol. The van der Waals surface area contributed by atoms with Crippen LogP contribution in [0.3, 0.4) is 0 Å². The van der Waals surface area contributed by atoms with Gasteiger partial charge in [0.25, 0.3) is 0 Å². The molecule has 0 saturated carbocycles. The summed E-state index contributed by atoms with van der Waals surface area (Å²) in [6.07, 6.45) is 0. The van der Waals surface area contributed by atoms with E-state index in [-0.39, 0.29) is 0 Å². The van der Waals surface area contributed by atoms with Crippen molar-refractivity contribution in [2.45, 2.75) is 0 Å². The fourth-order valence-corrected chi connectivity index (χ4v) is 8.76. The van der Waals surface area contributed by atoms with E-state index < -0.39 is 0 Å². The molecule has 0 N–H and O–H groups in total. The second kappa shape index (κ2) is 14.7. The lowest BCUT2D eigenvalue weighted by Crippen LogP contribution is -2.00. The van der Waals surface area contributed by atoms with Crippen molar-refractivity contribution in [3.63, 3.8) is 0 Å². The summed E-state index contributed by atoms with van der Waals surface area (Å²) in [5, 5.41) is 4.39. The van der Waals surface area contributed by atoms with Crippen LogP contribution >= 0.6 is 0 Å². The third kappa shape index (κ3) is 6.23. The van der Waals surface area contributed by atoms with Gasteiger partial charge in [0.2, 0.25) is 0 Å². The Hall–Kier alpha value is -8.41. The van der Waals surface area contributed by atoms with Gasteiger partial charge in [-0.25, -0.2) is 15.0 Å². The highest BCUT2D eigenvalue weighted by atomic mass is 16.3. The molecule has 12 rings (SSSR count). The van der Waals surface area contributed by atoms with Crippen molar-refractivity contribution in [1.29, 1.82) is 0 Å². The molecule has 3 aromatic heterocycles. The SMILES string of the molecule is c1ccc(-c2ccc(-c3nc(-c4ccccc4)nc(-c4ccc5oc6cc7c(cc6c5c4)c4ccccc4n7-c4ccc(-c5cccc(-c6ccccc6)c5)cc4)n3)cc2)cc1. The van der Waals surface area contributed by atoms with E-state index in [0.717, 1.165) is 66.3 Å². The van der Waals surface area contributed by atoms with Gasteiger partial charge >= 0.3 is 0 Å². The standard InChI is InChI=1S/C57H36N4O/c1-4-13-37(14-5-1)39-23-25-42(26-24-39)56-58-55(41-17-8-3-9-18-41)59-57(60-56)45-29-32-53-49(34-45)50-35-48-47-21-10-11-22-51(47)61(52(48)36-54(50)62-53)46-30-27-40(28-31-46)44-20-12-19-43(33-44)38-15-6-2-7-16-38/h1-36H. The minimum Gasteiger partial charge on any atom is -0.456 e. The van der Waals surface area contributed by atoms with E-state index in [4.69, 9.17) is 19.4 Å². The normalized spacial score (nSPS) is 11.5. The number of furan rings is 1. The molecule has 0 spiro atoms. The number of para-hydroxylation sites is 1. The van der Waals surface area contributed by atoms with E-state index in [1.165, 1.54) is 33.2 Å². The second-order valence-electron chi connectivity index (χ2n) is 15.6. The molecule has 0 aliphatic heterocycles. The number of hydrogen-bond acceptors (Lipinski definition) is 4. The molecular formula is C57H36N4O. The van der Waals surface area contributed by atoms with Gasteiger partial charge in [-0.05, 0) is 81.9 Å². The number of rotatable bonds is 7. The van der Waals surface area contributed by atoms with Gasteiger partial charge in [0.1, 0.15) is 11.2 Å². The highest BCUT2D eigenvalue weighted by Crippen LogP contribution is 2.40. The van der Waals surface area contributed by atoms with Gasteiger partial charge in [-0.15, -0.1) is 0 Å². The lowest BCUT2D eigenvalue weighted by Gasteiger charge is -2.10. The summed E-state index contributed by atoms with van der Waals surface area (Å²) in [5.74, 6) is 1.84. The molecule has 0 aliphatic carbocycles. The number of aromatic nitrogens is 4. The Labute approximate surface area is 357 Å². The molecule has 0 atom stereocenters. The molecule has 0 fully saturated rings. The van der Waals surface area contributed by atoms with Gasteiger partial charge in [-0.2, -0.15) is 0 Å². The molecule has 0 unspecified atom stereocenters. The molecule has 0 bridgehead atoms. The zero-order valence-electron chi connectivity index (χ0n) is 33.5. The number of benzene rings is 9. The Bertz CT molecular complexity index is 3590. The molecule has 0 aliphatic rings. The van der Waals surface area contributed by atoms with Crippen molar-refractivity contribution in [1.82, 2.24) is 19.5 Å². The van der Waals surface area contributed by atoms with Crippen LogP contribution in [0, 0.1) is 0 Å². The van der Waals surface area contributed by atoms with Crippen LogP contribution in [0.4, 0.5) is 0 Å². The minimum absolute atomic E-state index is 0.602. The van der Waals surface area contributed by atoms with Gasteiger partial charge in [0.15, 0.2) is 17.5 Å². The maximum Gasteiger partial charge on any atom is 0.164 e. The zero-order chi connectivity index (χ0) is 41.0. The Morgan fingerprint density at radius 1 is 0.274 bits per heavy atom. The first kappa shape index (κ1) is 35.5. The molecule has 0 saturated heterocycles. The van der Waals surface area contributed by atoms with Crippen LogP contribution in [0.25, 0.3) is 117 Å². The number of hydrogen-bond donors (Lipinski definition) is 0. The van der Waals surface area contributed by atoms with Crippen molar-refractivity contribution in [2.75, 3.05) is 0 Å². The molecule has 5 heteroatoms. The third-order valence-electron chi connectivity index (χ3n) is 11.9. The molecule has 0 radical (unpaired) electrons. The van der Waals surface area contributed by atoms with E-state index in [2.05, 4.69) is 174 Å². The fraction of sp³-hybridized carbons (Fsp3) is 0. The molecular weight excluding hydrogens is 757 g/mol. The lowest BCUT2D eigenvalue weighted by molar-refractivity contribution is 0.669. The van der Waals surface area contributed by atoms with Crippen LogP contribution in [-0.4, -0.2) is 19.5 Å². The summed E-state index contributed by atoms with van der Waals surface area (Å²) in [6.45, 7) is 0. The summed E-state index contributed by atoms with van der Waals surface area (Å²) in [6, 6.07) is 76.4.